The number of fused-ring (bicyclic) bond motifs is 1. The van der Waals surface area contributed by atoms with Crippen LogP contribution in [-0.4, -0.2) is 61.5 Å². The van der Waals surface area contributed by atoms with Crippen molar-refractivity contribution >= 4 is 44.2 Å². The first kappa shape index (κ1) is 24.4. The summed E-state index contributed by atoms with van der Waals surface area (Å²) < 4.78 is 28.3. The van der Waals surface area contributed by atoms with E-state index in [1.807, 2.05) is 13.8 Å². The molecular weight excluding hydrogens is 454 g/mol. The van der Waals surface area contributed by atoms with Gasteiger partial charge in [-0.25, -0.2) is 8.42 Å². The van der Waals surface area contributed by atoms with Gasteiger partial charge in [0.15, 0.2) is 0 Å². The lowest BCUT2D eigenvalue weighted by Gasteiger charge is -2.31. The van der Waals surface area contributed by atoms with Gasteiger partial charge in [0.2, 0.25) is 21.8 Å². The molecule has 32 heavy (non-hydrogen) atoms. The summed E-state index contributed by atoms with van der Waals surface area (Å²) in [7, 11) is -3.96. The summed E-state index contributed by atoms with van der Waals surface area (Å²) in [6.07, 6.45) is 0.246. The van der Waals surface area contributed by atoms with E-state index in [1.165, 1.54) is 17.0 Å². The van der Waals surface area contributed by atoms with E-state index < -0.39 is 40.5 Å². The number of likely N-dealkylation sites (tertiary alicyclic amines) is 1. The Morgan fingerprint density at radius 3 is 2.50 bits per heavy atom. The number of halogens is 1. The van der Waals surface area contributed by atoms with Crippen LogP contribution in [0.5, 0.6) is 0 Å². The number of benzene rings is 2. The Labute approximate surface area is 193 Å². The summed E-state index contributed by atoms with van der Waals surface area (Å²) >= 11 is 5.98. The van der Waals surface area contributed by atoms with Crippen LogP contribution < -0.4 is 10.0 Å². The van der Waals surface area contributed by atoms with Gasteiger partial charge in [-0.3, -0.25) is 9.59 Å². The van der Waals surface area contributed by atoms with E-state index in [0.29, 0.717) is 10.4 Å². The van der Waals surface area contributed by atoms with Crippen molar-refractivity contribution in [1.82, 2.24) is 14.9 Å². The third-order valence-electron chi connectivity index (χ3n) is 5.63. The molecule has 1 fully saturated rings. The molecule has 1 saturated heterocycles. The summed E-state index contributed by atoms with van der Waals surface area (Å²) in [5.74, 6) is -1.37. The van der Waals surface area contributed by atoms with Gasteiger partial charge in [-0.05, 0) is 55.3 Å². The number of nitrogens with one attached hydrogen (secondary N) is 2. The van der Waals surface area contributed by atoms with Crippen molar-refractivity contribution in [2.45, 2.75) is 50.2 Å². The number of aliphatic hydroxyl groups excluding tert-OH is 1. The number of hydrogen-bond acceptors (Lipinski definition) is 5. The highest BCUT2D eigenvalue weighted by Gasteiger charge is 2.41. The van der Waals surface area contributed by atoms with E-state index in [-0.39, 0.29) is 29.8 Å². The quantitative estimate of drug-likeness (QED) is 0.532. The van der Waals surface area contributed by atoms with Gasteiger partial charge in [0, 0.05) is 17.6 Å². The van der Waals surface area contributed by atoms with E-state index in [1.54, 1.807) is 31.2 Å². The Kier molecular flexibility index (Phi) is 7.44. The molecule has 2 amide bonds. The van der Waals surface area contributed by atoms with Crippen molar-refractivity contribution in [3.05, 3.63) is 41.4 Å². The third kappa shape index (κ3) is 5.23. The molecule has 0 spiro atoms. The number of aliphatic hydroxyl groups is 1. The zero-order valence-electron chi connectivity index (χ0n) is 18.2. The highest BCUT2D eigenvalue weighted by Crippen LogP contribution is 2.25. The Morgan fingerprint density at radius 1 is 1.19 bits per heavy atom. The van der Waals surface area contributed by atoms with Crippen LogP contribution in [0.25, 0.3) is 10.8 Å². The summed E-state index contributed by atoms with van der Waals surface area (Å²) in [5.41, 5.74) is 0. The standard InChI is InChI=1S/C22H28ClN3O5S/c1-13(2)24-21(28)14(3)20(12-27)26-9-8-19(22(26)29)25-32(30,31)18-7-5-15-10-17(23)6-4-16(15)11-18/h4-7,10-11,13-14,19-20,25,27H,8-9,12H2,1-3H3,(H,24,28)/t14-,19-,20?/m0/s1. The van der Waals surface area contributed by atoms with Gasteiger partial charge in [-0.15, -0.1) is 0 Å². The second-order valence-electron chi connectivity index (χ2n) is 8.35. The summed E-state index contributed by atoms with van der Waals surface area (Å²) in [4.78, 5) is 26.7. The number of nitrogens with zero attached hydrogens (tertiary/aromatic N) is 1. The zero-order valence-corrected chi connectivity index (χ0v) is 19.8. The minimum Gasteiger partial charge on any atom is -0.394 e. The van der Waals surface area contributed by atoms with E-state index in [0.717, 1.165) is 5.39 Å². The van der Waals surface area contributed by atoms with Crippen molar-refractivity contribution in [1.29, 1.82) is 0 Å². The Bertz CT molecular complexity index is 1120. The predicted molar refractivity (Wildman–Crippen MR) is 123 cm³/mol. The smallest absolute Gasteiger partial charge is 0.241 e. The number of hydrogen-bond donors (Lipinski definition) is 3. The molecular formula is C22H28ClN3O5S. The number of amides is 2. The maximum Gasteiger partial charge on any atom is 0.241 e. The van der Waals surface area contributed by atoms with Crippen molar-refractivity contribution in [3.63, 3.8) is 0 Å². The minimum absolute atomic E-state index is 0.0435. The second-order valence-corrected chi connectivity index (χ2v) is 10.5. The van der Waals surface area contributed by atoms with Crippen LogP contribution in [0.2, 0.25) is 5.02 Å². The van der Waals surface area contributed by atoms with Crippen molar-refractivity contribution in [2.75, 3.05) is 13.2 Å². The Hall–Kier alpha value is -2.20. The molecule has 0 aliphatic carbocycles. The number of carbonyl (C=O) groups is 2. The minimum atomic E-state index is -3.96. The molecule has 0 bridgehead atoms. The number of carbonyl (C=O) groups excluding carboxylic acids is 2. The van der Waals surface area contributed by atoms with E-state index in [9.17, 15) is 23.1 Å². The van der Waals surface area contributed by atoms with Crippen LogP contribution in [0.15, 0.2) is 41.3 Å². The van der Waals surface area contributed by atoms with E-state index in [2.05, 4.69) is 10.0 Å². The topological polar surface area (TPSA) is 116 Å². The maximum absolute atomic E-state index is 13.0. The van der Waals surface area contributed by atoms with Crippen LogP contribution in [0, 0.1) is 5.92 Å². The lowest BCUT2D eigenvalue weighted by Crippen LogP contribution is -2.51. The first-order valence-corrected chi connectivity index (χ1v) is 12.3. The molecule has 0 aromatic heterocycles. The van der Waals surface area contributed by atoms with E-state index in [4.69, 9.17) is 11.6 Å². The monoisotopic (exact) mass is 481 g/mol. The molecule has 1 aliphatic rings. The van der Waals surface area contributed by atoms with Gasteiger partial charge in [0.1, 0.15) is 6.04 Å². The van der Waals surface area contributed by atoms with Crippen molar-refractivity contribution in [2.24, 2.45) is 5.92 Å². The van der Waals surface area contributed by atoms with Gasteiger partial charge in [-0.2, -0.15) is 4.72 Å². The van der Waals surface area contributed by atoms with Crippen LogP contribution in [-0.2, 0) is 19.6 Å². The maximum atomic E-state index is 13.0. The summed E-state index contributed by atoms with van der Waals surface area (Å²) in [6, 6.07) is 8.03. The van der Waals surface area contributed by atoms with Gasteiger partial charge >= 0.3 is 0 Å². The number of sulfonamides is 1. The largest absolute Gasteiger partial charge is 0.394 e. The molecule has 3 atom stereocenters. The lowest BCUT2D eigenvalue weighted by atomic mass is 10.00. The summed E-state index contributed by atoms with van der Waals surface area (Å²) in [6.45, 7) is 5.14. The molecule has 1 aliphatic heterocycles. The molecule has 3 N–H and O–H groups in total. The lowest BCUT2D eigenvalue weighted by molar-refractivity contribution is -0.136. The molecule has 0 saturated carbocycles. The Morgan fingerprint density at radius 2 is 1.84 bits per heavy atom. The fourth-order valence-corrected chi connectivity index (χ4v) is 5.31. The van der Waals surface area contributed by atoms with E-state index >= 15 is 0 Å². The first-order valence-electron chi connectivity index (χ1n) is 10.5. The van der Waals surface area contributed by atoms with Gasteiger partial charge in [-0.1, -0.05) is 30.7 Å². The van der Waals surface area contributed by atoms with Crippen LogP contribution in [0.3, 0.4) is 0 Å². The summed E-state index contributed by atoms with van der Waals surface area (Å²) in [5, 5.41) is 14.7. The predicted octanol–water partition coefficient (Wildman–Crippen LogP) is 1.89. The molecule has 10 heteroatoms. The second kappa shape index (κ2) is 9.74. The molecule has 2 aromatic rings. The molecule has 3 rings (SSSR count). The SMILES string of the molecule is CC(C)NC(=O)[C@@H](C)C(CO)N1CC[C@H](NS(=O)(=O)c2ccc3cc(Cl)ccc3c2)C1=O. The number of rotatable bonds is 8. The van der Waals surface area contributed by atoms with Crippen molar-refractivity contribution < 1.29 is 23.1 Å². The highest BCUT2D eigenvalue weighted by molar-refractivity contribution is 7.89. The molecule has 8 nitrogen and oxygen atoms in total. The van der Waals surface area contributed by atoms with Crippen molar-refractivity contribution in [3.8, 4) is 0 Å². The van der Waals surface area contributed by atoms with Crippen LogP contribution in [0.1, 0.15) is 27.2 Å². The fraction of sp³-hybridized carbons (Fsp3) is 0.455. The van der Waals surface area contributed by atoms with Crippen LogP contribution >= 0.6 is 11.6 Å². The molecule has 1 unspecified atom stereocenters. The molecule has 174 valence electrons. The Balaban J connectivity index is 1.75. The van der Waals surface area contributed by atoms with Crippen LogP contribution in [0.4, 0.5) is 0 Å². The average Bonchev–Trinajstić information content (AvgIpc) is 3.07. The average molecular weight is 482 g/mol. The van der Waals surface area contributed by atoms with Gasteiger partial charge in [0.25, 0.3) is 0 Å². The first-order chi connectivity index (χ1) is 15.0. The van der Waals surface area contributed by atoms with Gasteiger partial charge in [0.05, 0.1) is 23.5 Å². The highest BCUT2D eigenvalue weighted by atomic mass is 35.5. The normalized spacial score (nSPS) is 18.9. The third-order valence-corrected chi connectivity index (χ3v) is 7.33. The molecule has 1 heterocycles. The molecule has 0 radical (unpaired) electrons. The zero-order chi connectivity index (χ0) is 23.6. The fourth-order valence-electron chi connectivity index (χ4n) is 3.88. The van der Waals surface area contributed by atoms with Gasteiger partial charge < -0.3 is 15.3 Å². The molecule has 2 aromatic carbocycles.